The Hall–Kier alpha value is -3.03. The number of carbonyl (C=O) groups excluding carboxylic acids is 2. The van der Waals surface area contributed by atoms with Gasteiger partial charge in [-0.25, -0.2) is 4.79 Å². The standard InChI is InChI=1S/C18H21N3O5/c1-3-21-13-10-20(9-8-14(22)23)17(24)15(13)16(19-18(21)25)11-4-6-12(26-2)7-5-11/h4-7,16H,3,8-10H2,1-2H3,(H,19,25)(H,22,23). The number of benzene rings is 1. The third kappa shape index (κ3) is 3.10. The molecule has 0 aliphatic carbocycles. The lowest BCUT2D eigenvalue weighted by atomic mass is 9.95. The van der Waals surface area contributed by atoms with Crippen LogP contribution in [-0.2, 0) is 9.59 Å². The summed E-state index contributed by atoms with van der Waals surface area (Å²) in [4.78, 5) is 39.3. The lowest BCUT2D eigenvalue weighted by molar-refractivity contribution is -0.137. The van der Waals surface area contributed by atoms with Crippen molar-refractivity contribution in [3.8, 4) is 5.75 Å². The van der Waals surface area contributed by atoms with Gasteiger partial charge in [-0.3, -0.25) is 14.5 Å². The van der Waals surface area contributed by atoms with Crippen molar-refractivity contribution in [2.45, 2.75) is 19.4 Å². The van der Waals surface area contributed by atoms with Gasteiger partial charge in [-0.05, 0) is 24.6 Å². The minimum atomic E-state index is -0.962. The van der Waals surface area contributed by atoms with Crippen molar-refractivity contribution < 1.29 is 24.2 Å². The molecule has 2 N–H and O–H groups in total. The van der Waals surface area contributed by atoms with Crippen LogP contribution in [0.4, 0.5) is 4.79 Å². The van der Waals surface area contributed by atoms with E-state index in [0.29, 0.717) is 23.6 Å². The Balaban J connectivity index is 1.95. The fourth-order valence-electron chi connectivity index (χ4n) is 3.34. The number of carboxylic acid groups (broad SMARTS) is 1. The summed E-state index contributed by atoms with van der Waals surface area (Å²) in [7, 11) is 1.57. The van der Waals surface area contributed by atoms with Gasteiger partial charge in [-0.1, -0.05) is 12.1 Å². The van der Waals surface area contributed by atoms with E-state index in [9.17, 15) is 14.4 Å². The predicted molar refractivity (Wildman–Crippen MR) is 92.5 cm³/mol. The smallest absolute Gasteiger partial charge is 0.322 e. The van der Waals surface area contributed by atoms with Crippen LogP contribution in [-0.4, -0.2) is 59.6 Å². The highest BCUT2D eigenvalue weighted by molar-refractivity contribution is 6.01. The molecular weight excluding hydrogens is 338 g/mol. The highest BCUT2D eigenvalue weighted by Gasteiger charge is 2.43. The zero-order valence-corrected chi connectivity index (χ0v) is 14.7. The van der Waals surface area contributed by atoms with Gasteiger partial charge in [-0.15, -0.1) is 0 Å². The molecular formula is C18H21N3O5. The second kappa shape index (κ2) is 7.07. The molecule has 0 saturated heterocycles. The van der Waals surface area contributed by atoms with E-state index in [1.54, 1.807) is 19.2 Å². The van der Waals surface area contributed by atoms with Crippen LogP contribution >= 0.6 is 0 Å². The fourth-order valence-corrected chi connectivity index (χ4v) is 3.34. The Morgan fingerprint density at radius 1 is 1.31 bits per heavy atom. The maximum atomic E-state index is 12.9. The second-order valence-corrected chi connectivity index (χ2v) is 6.13. The molecule has 3 rings (SSSR count). The Morgan fingerprint density at radius 3 is 2.58 bits per heavy atom. The van der Waals surface area contributed by atoms with Crippen LogP contribution in [0, 0.1) is 0 Å². The first kappa shape index (κ1) is 17.8. The molecule has 0 radical (unpaired) electrons. The zero-order chi connectivity index (χ0) is 18.8. The van der Waals surface area contributed by atoms with E-state index in [1.807, 2.05) is 19.1 Å². The Bertz CT molecular complexity index is 772. The maximum Gasteiger partial charge on any atom is 0.322 e. The molecule has 0 saturated carbocycles. The minimum Gasteiger partial charge on any atom is -0.497 e. The first-order chi connectivity index (χ1) is 12.5. The summed E-state index contributed by atoms with van der Waals surface area (Å²) in [5, 5.41) is 11.8. The number of methoxy groups -OCH3 is 1. The SMILES string of the molecule is CCN1C(=O)NC(c2ccc(OC)cc2)C2=C1CN(CCC(=O)O)C2=O. The van der Waals surface area contributed by atoms with Gasteiger partial charge in [0, 0.05) is 13.1 Å². The Morgan fingerprint density at radius 2 is 2.00 bits per heavy atom. The number of ether oxygens (including phenoxy) is 1. The molecule has 0 spiro atoms. The van der Waals surface area contributed by atoms with Crippen LogP contribution in [0.2, 0.25) is 0 Å². The van der Waals surface area contributed by atoms with E-state index in [1.165, 1.54) is 9.80 Å². The fraction of sp³-hybridized carbons (Fsp3) is 0.389. The maximum absolute atomic E-state index is 12.9. The molecule has 26 heavy (non-hydrogen) atoms. The number of likely N-dealkylation sites (N-methyl/N-ethyl adjacent to an activating group) is 1. The monoisotopic (exact) mass is 359 g/mol. The first-order valence-corrected chi connectivity index (χ1v) is 8.42. The number of aliphatic carboxylic acids is 1. The molecule has 0 aromatic heterocycles. The van der Waals surface area contributed by atoms with Crippen LogP contribution in [0.3, 0.4) is 0 Å². The van der Waals surface area contributed by atoms with E-state index in [-0.39, 0.29) is 31.4 Å². The third-order valence-electron chi connectivity index (χ3n) is 4.66. The van der Waals surface area contributed by atoms with Crippen LogP contribution in [0.15, 0.2) is 35.5 Å². The molecule has 0 bridgehead atoms. The molecule has 8 nitrogen and oxygen atoms in total. The van der Waals surface area contributed by atoms with Gasteiger partial charge in [0.2, 0.25) is 0 Å². The summed E-state index contributed by atoms with van der Waals surface area (Å²) >= 11 is 0. The van der Waals surface area contributed by atoms with Crippen LogP contribution in [0.1, 0.15) is 24.9 Å². The van der Waals surface area contributed by atoms with E-state index < -0.39 is 12.0 Å². The quantitative estimate of drug-likeness (QED) is 0.799. The van der Waals surface area contributed by atoms with Crippen LogP contribution in [0.5, 0.6) is 5.75 Å². The lowest BCUT2D eigenvalue weighted by Crippen LogP contribution is -2.47. The Labute approximate surface area is 151 Å². The summed E-state index contributed by atoms with van der Waals surface area (Å²) in [6, 6.07) is 6.34. The van der Waals surface area contributed by atoms with Gasteiger partial charge < -0.3 is 20.1 Å². The molecule has 2 heterocycles. The van der Waals surface area contributed by atoms with Crippen molar-refractivity contribution in [3.05, 3.63) is 41.1 Å². The number of hydrogen-bond acceptors (Lipinski definition) is 4. The van der Waals surface area contributed by atoms with Gasteiger partial charge >= 0.3 is 12.0 Å². The average Bonchev–Trinajstić information content (AvgIpc) is 2.96. The molecule has 2 aliphatic rings. The molecule has 8 heteroatoms. The zero-order valence-electron chi connectivity index (χ0n) is 14.7. The van der Waals surface area contributed by atoms with E-state index in [4.69, 9.17) is 9.84 Å². The van der Waals surface area contributed by atoms with Gasteiger partial charge in [0.1, 0.15) is 5.75 Å². The highest BCUT2D eigenvalue weighted by atomic mass is 16.5. The van der Waals surface area contributed by atoms with Crippen molar-refractivity contribution in [2.75, 3.05) is 26.7 Å². The summed E-state index contributed by atoms with van der Waals surface area (Å²) < 4.78 is 5.15. The lowest BCUT2D eigenvalue weighted by Gasteiger charge is -2.32. The topological polar surface area (TPSA) is 99.2 Å². The number of rotatable bonds is 6. The average molecular weight is 359 g/mol. The Kier molecular flexibility index (Phi) is 4.83. The van der Waals surface area contributed by atoms with Crippen molar-refractivity contribution >= 4 is 17.9 Å². The normalized spacial score (nSPS) is 19.5. The number of nitrogens with zero attached hydrogens (tertiary/aromatic N) is 2. The predicted octanol–water partition coefficient (Wildman–Crippen LogP) is 1.35. The van der Waals surface area contributed by atoms with Crippen LogP contribution in [0.25, 0.3) is 0 Å². The van der Waals surface area contributed by atoms with Crippen molar-refractivity contribution in [1.29, 1.82) is 0 Å². The van der Waals surface area contributed by atoms with Crippen molar-refractivity contribution in [3.63, 3.8) is 0 Å². The van der Waals surface area contributed by atoms with Gasteiger partial charge in [-0.2, -0.15) is 0 Å². The first-order valence-electron chi connectivity index (χ1n) is 8.42. The molecule has 2 aliphatic heterocycles. The number of carbonyl (C=O) groups is 3. The molecule has 0 fully saturated rings. The van der Waals surface area contributed by atoms with E-state index >= 15 is 0 Å². The number of nitrogens with one attached hydrogen (secondary N) is 1. The largest absolute Gasteiger partial charge is 0.497 e. The summed E-state index contributed by atoms with van der Waals surface area (Å²) in [6.07, 6.45) is -0.132. The van der Waals surface area contributed by atoms with Gasteiger partial charge in [0.05, 0.1) is 37.4 Å². The molecule has 1 aromatic rings. The molecule has 1 atom stereocenters. The molecule has 3 amide bonds. The minimum absolute atomic E-state index is 0.113. The third-order valence-corrected chi connectivity index (χ3v) is 4.66. The number of urea groups is 1. The number of hydrogen-bond donors (Lipinski definition) is 2. The van der Waals surface area contributed by atoms with Gasteiger partial charge in [0.15, 0.2) is 0 Å². The van der Waals surface area contributed by atoms with E-state index in [2.05, 4.69) is 5.32 Å². The summed E-state index contributed by atoms with van der Waals surface area (Å²) in [6.45, 7) is 2.62. The molecule has 138 valence electrons. The van der Waals surface area contributed by atoms with E-state index in [0.717, 1.165) is 5.56 Å². The number of amides is 3. The number of carboxylic acids is 1. The van der Waals surface area contributed by atoms with Crippen molar-refractivity contribution in [2.24, 2.45) is 0 Å². The molecule has 1 unspecified atom stereocenters. The van der Waals surface area contributed by atoms with Gasteiger partial charge in [0.25, 0.3) is 5.91 Å². The molecule has 1 aromatic carbocycles. The summed E-state index contributed by atoms with van der Waals surface area (Å²) in [5.74, 6) is -0.516. The van der Waals surface area contributed by atoms with Crippen LogP contribution < -0.4 is 10.1 Å². The summed E-state index contributed by atoms with van der Waals surface area (Å²) in [5.41, 5.74) is 1.92. The highest BCUT2D eigenvalue weighted by Crippen LogP contribution is 2.36. The second-order valence-electron chi connectivity index (χ2n) is 6.13. The van der Waals surface area contributed by atoms with Crippen molar-refractivity contribution in [1.82, 2.24) is 15.1 Å².